The lowest BCUT2D eigenvalue weighted by molar-refractivity contribution is -0.108. The Morgan fingerprint density at radius 2 is 1.92 bits per heavy atom. The standard InChI is InChI=1S/C9H21N3O/c1-4-10-13-9(2)12-7-5-11(3)6-8-12/h9-10H,4-8H2,1-3H3. The van der Waals surface area contributed by atoms with E-state index in [1.807, 2.05) is 6.92 Å². The summed E-state index contributed by atoms with van der Waals surface area (Å²) in [6, 6.07) is 0. The summed E-state index contributed by atoms with van der Waals surface area (Å²) in [6.07, 6.45) is 0.189. The molecule has 0 aromatic heterocycles. The van der Waals surface area contributed by atoms with Gasteiger partial charge in [0.25, 0.3) is 0 Å². The smallest absolute Gasteiger partial charge is 0.129 e. The van der Waals surface area contributed by atoms with Crippen LogP contribution >= 0.6 is 0 Å². The van der Waals surface area contributed by atoms with E-state index >= 15 is 0 Å². The maximum Gasteiger partial charge on any atom is 0.129 e. The third-order valence-corrected chi connectivity index (χ3v) is 2.45. The second-order valence-electron chi connectivity index (χ2n) is 3.55. The molecule has 0 radical (unpaired) electrons. The highest BCUT2D eigenvalue weighted by Crippen LogP contribution is 2.04. The fraction of sp³-hybridized carbons (Fsp3) is 1.00. The van der Waals surface area contributed by atoms with Crippen molar-refractivity contribution in [2.24, 2.45) is 0 Å². The number of nitrogens with one attached hydrogen (secondary N) is 1. The van der Waals surface area contributed by atoms with Gasteiger partial charge >= 0.3 is 0 Å². The molecule has 1 fully saturated rings. The topological polar surface area (TPSA) is 27.7 Å². The van der Waals surface area contributed by atoms with E-state index in [9.17, 15) is 0 Å². The van der Waals surface area contributed by atoms with Crippen molar-refractivity contribution in [1.29, 1.82) is 0 Å². The highest BCUT2D eigenvalue weighted by Gasteiger charge is 2.19. The second kappa shape index (κ2) is 5.54. The second-order valence-corrected chi connectivity index (χ2v) is 3.55. The molecule has 0 bridgehead atoms. The molecule has 4 nitrogen and oxygen atoms in total. The molecule has 1 aliphatic rings. The van der Waals surface area contributed by atoms with Gasteiger partial charge in [-0.2, -0.15) is 0 Å². The quantitative estimate of drug-likeness (QED) is 0.633. The fourth-order valence-electron chi connectivity index (χ4n) is 1.46. The Kier molecular flexibility index (Phi) is 4.66. The van der Waals surface area contributed by atoms with Crippen LogP contribution in [0.4, 0.5) is 0 Å². The summed E-state index contributed by atoms with van der Waals surface area (Å²) in [5.41, 5.74) is 2.90. The zero-order valence-corrected chi connectivity index (χ0v) is 8.92. The molecule has 1 aliphatic heterocycles. The van der Waals surface area contributed by atoms with Gasteiger partial charge in [-0.05, 0) is 14.0 Å². The van der Waals surface area contributed by atoms with Crippen molar-refractivity contribution in [1.82, 2.24) is 15.3 Å². The lowest BCUT2D eigenvalue weighted by Crippen LogP contribution is -2.50. The molecule has 1 N–H and O–H groups in total. The number of likely N-dealkylation sites (N-methyl/N-ethyl adjacent to an activating group) is 1. The largest absolute Gasteiger partial charge is 0.304 e. The Morgan fingerprint density at radius 3 is 2.46 bits per heavy atom. The summed E-state index contributed by atoms with van der Waals surface area (Å²) < 4.78 is 0. The molecule has 13 heavy (non-hydrogen) atoms. The maximum atomic E-state index is 5.42. The number of piperazine rings is 1. The van der Waals surface area contributed by atoms with Gasteiger partial charge < -0.3 is 4.90 Å². The summed E-state index contributed by atoms with van der Waals surface area (Å²) >= 11 is 0. The first kappa shape index (κ1) is 10.9. The van der Waals surface area contributed by atoms with Crippen LogP contribution in [0.25, 0.3) is 0 Å². The summed E-state index contributed by atoms with van der Waals surface area (Å²) in [5.74, 6) is 0. The van der Waals surface area contributed by atoms with Gasteiger partial charge in [0.05, 0.1) is 0 Å². The molecule has 0 aromatic rings. The number of hydroxylamine groups is 1. The van der Waals surface area contributed by atoms with Crippen LogP contribution in [0.3, 0.4) is 0 Å². The molecule has 0 aliphatic carbocycles. The molecule has 78 valence electrons. The van der Waals surface area contributed by atoms with E-state index in [1.165, 1.54) is 0 Å². The number of hydrogen-bond acceptors (Lipinski definition) is 4. The van der Waals surface area contributed by atoms with Gasteiger partial charge in [-0.1, -0.05) is 6.92 Å². The molecule has 4 heteroatoms. The van der Waals surface area contributed by atoms with Crippen molar-refractivity contribution in [3.8, 4) is 0 Å². The van der Waals surface area contributed by atoms with E-state index in [0.717, 1.165) is 32.7 Å². The Balaban J connectivity index is 2.19. The van der Waals surface area contributed by atoms with Crippen LogP contribution in [0.2, 0.25) is 0 Å². The van der Waals surface area contributed by atoms with Crippen LogP contribution in [-0.4, -0.2) is 55.8 Å². The molecule has 1 unspecified atom stereocenters. The van der Waals surface area contributed by atoms with E-state index in [2.05, 4.69) is 29.3 Å². The highest BCUT2D eigenvalue weighted by atomic mass is 16.7. The minimum absolute atomic E-state index is 0.189. The Bertz CT molecular complexity index is 135. The molecule has 1 heterocycles. The van der Waals surface area contributed by atoms with Crippen molar-refractivity contribution in [2.45, 2.75) is 20.1 Å². The Labute approximate surface area is 80.8 Å². The molecule has 0 saturated carbocycles. The Hall–Kier alpha value is -0.160. The van der Waals surface area contributed by atoms with Crippen LogP contribution in [0.5, 0.6) is 0 Å². The van der Waals surface area contributed by atoms with Crippen molar-refractivity contribution in [3.63, 3.8) is 0 Å². The maximum absolute atomic E-state index is 5.42. The third kappa shape index (κ3) is 3.60. The van der Waals surface area contributed by atoms with E-state index in [4.69, 9.17) is 4.84 Å². The van der Waals surface area contributed by atoms with Crippen molar-refractivity contribution in [2.75, 3.05) is 39.8 Å². The lowest BCUT2D eigenvalue weighted by atomic mass is 10.3. The van der Waals surface area contributed by atoms with Gasteiger partial charge in [-0.15, -0.1) is 0 Å². The van der Waals surface area contributed by atoms with Crippen molar-refractivity contribution >= 4 is 0 Å². The van der Waals surface area contributed by atoms with Crippen LogP contribution < -0.4 is 5.48 Å². The van der Waals surface area contributed by atoms with Crippen LogP contribution in [0, 0.1) is 0 Å². The minimum atomic E-state index is 0.189. The average Bonchev–Trinajstić information content (AvgIpc) is 2.15. The van der Waals surface area contributed by atoms with Crippen LogP contribution in [0.1, 0.15) is 13.8 Å². The zero-order valence-electron chi connectivity index (χ0n) is 8.92. The van der Waals surface area contributed by atoms with Crippen LogP contribution in [0.15, 0.2) is 0 Å². The van der Waals surface area contributed by atoms with Gasteiger partial charge in [0.15, 0.2) is 0 Å². The monoisotopic (exact) mass is 187 g/mol. The van der Waals surface area contributed by atoms with Gasteiger partial charge in [0.2, 0.25) is 0 Å². The van der Waals surface area contributed by atoms with Crippen molar-refractivity contribution < 1.29 is 4.84 Å². The summed E-state index contributed by atoms with van der Waals surface area (Å²) in [7, 11) is 2.16. The summed E-state index contributed by atoms with van der Waals surface area (Å²) in [5, 5.41) is 0. The SMILES string of the molecule is CCNOC(C)N1CCN(C)CC1. The first-order chi connectivity index (χ1) is 6.24. The molecule has 1 atom stereocenters. The zero-order chi connectivity index (χ0) is 9.68. The fourth-order valence-corrected chi connectivity index (χ4v) is 1.46. The van der Waals surface area contributed by atoms with Gasteiger partial charge in [-0.25, -0.2) is 5.48 Å². The normalized spacial score (nSPS) is 23.3. The predicted octanol–water partition coefficient (Wildman–Crippen LogP) is 0.121. The molecular weight excluding hydrogens is 166 g/mol. The number of hydrogen-bond donors (Lipinski definition) is 1. The molecular formula is C9H21N3O. The summed E-state index contributed by atoms with van der Waals surface area (Å²) in [6.45, 7) is 9.47. The van der Waals surface area contributed by atoms with Crippen LogP contribution in [-0.2, 0) is 4.84 Å². The van der Waals surface area contributed by atoms with Gasteiger partial charge in [0.1, 0.15) is 6.23 Å². The van der Waals surface area contributed by atoms with E-state index in [1.54, 1.807) is 0 Å². The molecule has 0 amide bonds. The van der Waals surface area contributed by atoms with Gasteiger partial charge in [-0.3, -0.25) is 9.74 Å². The molecule has 0 aromatic carbocycles. The number of rotatable bonds is 4. The van der Waals surface area contributed by atoms with E-state index < -0.39 is 0 Å². The first-order valence-corrected chi connectivity index (χ1v) is 5.05. The lowest BCUT2D eigenvalue weighted by Gasteiger charge is -2.35. The van der Waals surface area contributed by atoms with Crippen molar-refractivity contribution in [3.05, 3.63) is 0 Å². The predicted molar refractivity (Wildman–Crippen MR) is 53.3 cm³/mol. The summed E-state index contributed by atoms with van der Waals surface area (Å²) in [4.78, 5) is 10.1. The van der Waals surface area contributed by atoms with E-state index in [0.29, 0.717) is 0 Å². The minimum Gasteiger partial charge on any atom is -0.304 e. The van der Waals surface area contributed by atoms with Gasteiger partial charge in [0, 0.05) is 32.7 Å². The molecule has 0 spiro atoms. The molecule has 1 saturated heterocycles. The first-order valence-electron chi connectivity index (χ1n) is 5.05. The average molecular weight is 187 g/mol. The molecule has 1 rings (SSSR count). The Morgan fingerprint density at radius 1 is 1.31 bits per heavy atom. The van der Waals surface area contributed by atoms with E-state index in [-0.39, 0.29) is 6.23 Å². The highest BCUT2D eigenvalue weighted by molar-refractivity contribution is 4.69. The third-order valence-electron chi connectivity index (χ3n) is 2.45. The number of nitrogens with zero attached hydrogens (tertiary/aromatic N) is 2.